The number of rotatable bonds is 8. The van der Waals surface area contributed by atoms with Crippen LogP contribution in [0.4, 0.5) is 0 Å². The summed E-state index contributed by atoms with van der Waals surface area (Å²) in [5, 5.41) is 3.13. The topological polar surface area (TPSA) is 0 Å². The first kappa shape index (κ1) is 25.9. The fraction of sp³-hybridized carbons (Fsp3) is 0.455. The molecule has 2 atom stereocenters. The van der Waals surface area contributed by atoms with E-state index in [4.69, 9.17) is 15.1 Å². The van der Waals surface area contributed by atoms with Gasteiger partial charge < -0.3 is 0 Å². The minimum absolute atomic E-state index is 0.740. The Morgan fingerprint density at radius 1 is 0.621 bits per heavy atom. The molecule has 7 heteroatoms. The molecule has 0 saturated carbocycles. The predicted octanol–water partition coefficient (Wildman–Crippen LogP) is 4.37. The summed E-state index contributed by atoms with van der Waals surface area (Å²) in [6, 6.07) is 22.5. The van der Waals surface area contributed by atoms with E-state index in [2.05, 4.69) is 114 Å². The molecule has 0 saturated heterocycles. The second-order valence-corrected chi connectivity index (χ2v) is 38.4. The average molecular weight is 559 g/mol. The Morgan fingerprint density at radius 2 is 0.897 bits per heavy atom. The standard InChI is InChI=1S/2C11H18BPSi.Sn/c2*1-13(2,12)10-14(3,4)11-8-6-5-7-9-11;/h2*5-10H,1-4H3;. The predicted molar refractivity (Wildman–Crippen MR) is 149 cm³/mol. The van der Waals surface area contributed by atoms with Crippen LogP contribution in [0.3, 0.4) is 0 Å². The first-order valence-corrected chi connectivity index (χ1v) is 25.4. The van der Waals surface area contributed by atoms with Crippen LogP contribution >= 0.6 is 14.3 Å². The Hall–Kier alpha value is 0.662. The maximum atomic E-state index is 7.05. The molecule has 0 heterocycles. The van der Waals surface area contributed by atoms with Crippen molar-refractivity contribution in [1.82, 2.24) is 0 Å². The Kier molecular flexibility index (Phi) is 8.63. The molecule has 152 valence electrons. The van der Waals surface area contributed by atoms with E-state index in [0.717, 1.165) is 6.60 Å². The van der Waals surface area contributed by atoms with Crippen LogP contribution in [-0.2, 0) is 0 Å². The van der Waals surface area contributed by atoms with Gasteiger partial charge >= 0.3 is 197 Å². The van der Waals surface area contributed by atoms with Gasteiger partial charge in [0.2, 0.25) is 0 Å². The number of hydrogen-bond donors (Lipinski definition) is 0. The van der Waals surface area contributed by atoms with Crippen molar-refractivity contribution in [1.29, 1.82) is 0 Å². The molecule has 8 radical (unpaired) electrons. The molecule has 2 rings (SSSR count). The Bertz CT molecular complexity index is 720. The summed E-state index contributed by atoms with van der Waals surface area (Å²) in [5.74, 6) is 0. The van der Waals surface area contributed by atoms with Crippen LogP contribution < -0.4 is 10.4 Å². The first-order chi connectivity index (χ1) is 13.2. The third-order valence-corrected chi connectivity index (χ3v) is 52.7. The van der Waals surface area contributed by atoms with E-state index in [1.165, 1.54) is 0 Å². The second kappa shape index (κ2) is 9.65. The van der Waals surface area contributed by atoms with Gasteiger partial charge in [-0.05, 0) is 0 Å². The van der Waals surface area contributed by atoms with Gasteiger partial charge in [-0.2, -0.15) is 0 Å². The van der Waals surface area contributed by atoms with Gasteiger partial charge in [0, 0.05) is 0 Å². The molecule has 0 bridgehead atoms. The normalized spacial score (nSPS) is 15.8. The van der Waals surface area contributed by atoms with E-state index in [-0.39, 0.29) is 0 Å². The van der Waals surface area contributed by atoms with E-state index in [0.29, 0.717) is 0 Å². The van der Waals surface area contributed by atoms with E-state index >= 15 is 0 Å². The monoisotopic (exact) mass is 560 g/mol. The molecule has 0 aromatic heterocycles. The zero-order valence-corrected chi connectivity index (χ0v) is 26.1. The van der Waals surface area contributed by atoms with Crippen LogP contribution in [0.2, 0.25) is 26.2 Å². The average Bonchev–Trinajstić information content (AvgIpc) is 2.61. The second-order valence-electron chi connectivity index (χ2n) is 10.4. The molecule has 0 spiro atoms. The zero-order valence-electron chi connectivity index (χ0n) is 19.5. The zero-order chi connectivity index (χ0) is 22.1. The van der Waals surface area contributed by atoms with Crippen LogP contribution in [-0.4, -0.2) is 85.7 Å². The molecule has 0 aliphatic rings. The summed E-state index contributed by atoms with van der Waals surface area (Å²) >= 11 is -0.867. The van der Waals surface area contributed by atoms with Crippen LogP contribution in [0, 0.1) is 0 Å². The van der Waals surface area contributed by atoms with Crippen molar-refractivity contribution in [2.24, 2.45) is 0 Å². The molecule has 0 aliphatic heterocycles. The van der Waals surface area contributed by atoms with Crippen LogP contribution in [0.25, 0.3) is 0 Å². The quantitative estimate of drug-likeness (QED) is 0.333. The van der Waals surface area contributed by atoms with Gasteiger partial charge in [-0.1, -0.05) is 0 Å². The van der Waals surface area contributed by atoms with Gasteiger partial charge in [0.05, 0.1) is 0 Å². The Morgan fingerprint density at radius 3 is 1.14 bits per heavy atom. The third-order valence-electron chi connectivity index (χ3n) is 6.05. The SMILES string of the molecule is [B-][P+](C)(C)[CH]([Sn][CH]([Si](C)(C)c1ccccc1)[P+]([B-])(C)C)[Si](C)(C)c1ccccc1. The summed E-state index contributed by atoms with van der Waals surface area (Å²) in [5.41, 5.74) is 0. The van der Waals surface area contributed by atoms with E-state index in [1.54, 1.807) is 10.4 Å². The van der Waals surface area contributed by atoms with Gasteiger partial charge in [-0.3, -0.25) is 0 Å². The van der Waals surface area contributed by atoms with E-state index in [9.17, 15) is 0 Å². The molecule has 2 aromatic carbocycles. The van der Waals surface area contributed by atoms with Gasteiger partial charge in [-0.25, -0.2) is 0 Å². The third kappa shape index (κ3) is 6.35. The van der Waals surface area contributed by atoms with Crippen molar-refractivity contribution in [3.63, 3.8) is 0 Å². The van der Waals surface area contributed by atoms with Crippen LogP contribution in [0.5, 0.6) is 0 Å². The molecule has 0 fully saturated rings. The van der Waals surface area contributed by atoms with E-state index < -0.39 is 51.6 Å². The molecule has 2 aromatic rings. The van der Waals surface area contributed by atoms with Gasteiger partial charge in [0.1, 0.15) is 0 Å². The molecule has 0 amide bonds. The van der Waals surface area contributed by atoms with Gasteiger partial charge in [-0.15, -0.1) is 0 Å². The number of benzene rings is 2. The minimum atomic E-state index is -1.68. The summed E-state index contributed by atoms with van der Waals surface area (Å²) in [6.45, 7) is 19.8. The van der Waals surface area contributed by atoms with E-state index in [1.807, 2.05) is 0 Å². The van der Waals surface area contributed by atoms with Crippen LogP contribution in [0.15, 0.2) is 60.7 Å². The first-order valence-electron chi connectivity index (χ1n) is 10.3. The molecule has 0 aliphatic carbocycles. The molecule has 29 heavy (non-hydrogen) atoms. The van der Waals surface area contributed by atoms with Crippen LogP contribution in [0.1, 0.15) is 0 Å². The Balaban J connectivity index is 2.53. The number of hydrogen-bond acceptors (Lipinski definition) is 0. The fourth-order valence-electron chi connectivity index (χ4n) is 4.67. The molecular weight excluding hydrogens is 523 g/mol. The van der Waals surface area contributed by atoms with Crippen molar-refractivity contribution < 1.29 is 0 Å². The molecular formula is C22H36B2P2Si2Sn. The summed E-state index contributed by atoms with van der Waals surface area (Å²) in [7, 11) is 7.79. The molecule has 0 N–H and O–H groups in total. The van der Waals surface area contributed by atoms with Crippen molar-refractivity contribution in [2.45, 2.75) is 32.8 Å². The van der Waals surface area contributed by atoms with Crippen molar-refractivity contribution in [3.05, 3.63) is 60.7 Å². The summed E-state index contributed by atoms with van der Waals surface area (Å²) in [6.07, 6.45) is 0. The van der Waals surface area contributed by atoms with Crippen molar-refractivity contribution >= 4 is 77.1 Å². The fourth-order valence-corrected chi connectivity index (χ4v) is 48.7. The Labute approximate surface area is 196 Å². The molecule has 0 nitrogen and oxygen atoms in total. The van der Waals surface area contributed by atoms with Gasteiger partial charge in [0.15, 0.2) is 0 Å². The maximum absolute atomic E-state index is 7.05. The van der Waals surface area contributed by atoms with Crippen molar-refractivity contribution in [3.8, 4) is 0 Å². The summed E-state index contributed by atoms with van der Waals surface area (Å²) < 4.78 is 1.48. The van der Waals surface area contributed by atoms with Gasteiger partial charge in [0.25, 0.3) is 0 Å². The van der Waals surface area contributed by atoms with Crippen molar-refractivity contribution in [2.75, 3.05) is 26.7 Å². The summed E-state index contributed by atoms with van der Waals surface area (Å²) in [4.78, 5) is 0. The molecule has 2 unspecified atom stereocenters.